The van der Waals surface area contributed by atoms with Gasteiger partial charge in [0, 0.05) is 11.8 Å². The summed E-state index contributed by atoms with van der Waals surface area (Å²) in [5.41, 5.74) is 2.91. The number of aromatic nitrogens is 1. The average Bonchev–Trinajstić information content (AvgIpc) is 2.30. The van der Waals surface area contributed by atoms with Crippen molar-refractivity contribution in [2.45, 2.75) is 13.3 Å². The number of hydrogen-bond acceptors (Lipinski definition) is 1. The third-order valence-corrected chi connectivity index (χ3v) is 2.39. The molecule has 0 spiro atoms. The molecule has 0 unspecified atom stereocenters. The molecule has 0 bridgehead atoms. The van der Waals surface area contributed by atoms with Gasteiger partial charge in [0.1, 0.15) is 5.82 Å². The Balaban J connectivity index is 2.53. The minimum Gasteiger partial charge on any atom is -0.256 e. The van der Waals surface area contributed by atoms with Crippen LogP contribution in [0, 0.1) is 5.82 Å². The Labute approximate surface area is 88.6 Å². The minimum absolute atomic E-state index is 0.188. The van der Waals surface area contributed by atoms with Gasteiger partial charge in [0.05, 0.1) is 5.69 Å². The second-order valence-electron chi connectivity index (χ2n) is 3.37. The van der Waals surface area contributed by atoms with E-state index < -0.39 is 0 Å². The van der Waals surface area contributed by atoms with Crippen molar-refractivity contribution < 1.29 is 4.39 Å². The van der Waals surface area contributed by atoms with Gasteiger partial charge in [-0.25, -0.2) is 4.39 Å². The Bertz CT molecular complexity index is 451. The van der Waals surface area contributed by atoms with Crippen molar-refractivity contribution in [1.29, 1.82) is 0 Å². The standard InChI is InChI=1S/C13H12FN/c1-2-10-9-11(14)6-7-12(10)13-5-3-4-8-15-13/h3-9H,2H2,1H3. The van der Waals surface area contributed by atoms with Crippen LogP contribution in [-0.4, -0.2) is 4.98 Å². The second kappa shape index (κ2) is 4.22. The predicted octanol–water partition coefficient (Wildman–Crippen LogP) is 3.45. The fourth-order valence-corrected chi connectivity index (χ4v) is 1.63. The van der Waals surface area contributed by atoms with Gasteiger partial charge < -0.3 is 0 Å². The molecule has 0 aliphatic carbocycles. The molecule has 0 atom stereocenters. The zero-order valence-electron chi connectivity index (χ0n) is 8.57. The van der Waals surface area contributed by atoms with E-state index in [0.717, 1.165) is 23.2 Å². The number of benzene rings is 1. The summed E-state index contributed by atoms with van der Waals surface area (Å²) in [7, 11) is 0. The fraction of sp³-hybridized carbons (Fsp3) is 0.154. The van der Waals surface area contributed by atoms with E-state index in [4.69, 9.17) is 0 Å². The molecule has 1 aromatic carbocycles. The Hall–Kier alpha value is -1.70. The monoisotopic (exact) mass is 201 g/mol. The Morgan fingerprint density at radius 1 is 1.20 bits per heavy atom. The quantitative estimate of drug-likeness (QED) is 0.725. The molecule has 0 N–H and O–H groups in total. The van der Waals surface area contributed by atoms with E-state index in [0.29, 0.717) is 0 Å². The molecular weight excluding hydrogens is 189 g/mol. The SMILES string of the molecule is CCc1cc(F)ccc1-c1ccccn1. The van der Waals surface area contributed by atoms with Gasteiger partial charge in [-0.1, -0.05) is 13.0 Å². The maximum absolute atomic E-state index is 13.0. The topological polar surface area (TPSA) is 12.9 Å². The van der Waals surface area contributed by atoms with Gasteiger partial charge in [-0.15, -0.1) is 0 Å². The molecular formula is C13H12FN. The zero-order valence-corrected chi connectivity index (χ0v) is 8.57. The van der Waals surface area contributed by atoms with Crippen molar-refractivity contribution in [1.82, 2.24) is 4.98 Å². The highest BCUT2D eigenvalue weighted by atomic mass is 19.1. The first-order chi connectivity index (χ1) is 7.31. The van der Waals surface area contributed by atoms with E-state index in [2.05, 4.69) is 4.98 Å². The highest BCUT2D eigenvalue weighted by Crippen LogP contribution is 2.22. The van der Waals surface area contributed by atoms with Gasteiger partial charge in [-0.2, -0.15) is 0 Å². The van der Waals surface area contributed by atoms with Crippen LogP contribution in [0.15, 0.2) is 42.6 Å². The van der Waals surface area contributed by atoms with E-state index in [-0.39, 0.29) is 5.82 Å². The summed E-state index contributed by atoms with van der Waals surface area (Å²) >= 11 is 0. The van der Waals surface area contributed by atoms with Crippen LogP contribution in [0.1, 0.15) is 12.5 Å². The summed E-state index contributed by atoms with van der Waals surface area (Å²) in [6.07, 6.45) is 2.56. The van der Waals surface area contributed by atoms with Crippen molar-refractivity contribution >= 4 is 0 Å². The lowest BCUT2D eigenvalue weighted by Gasteiger charge is -2.06. The van der Waals surface area contributed by atoms with Crippen molar-refractivity contribution in [3.8, 4) is 11.3 Å². The van der Waals surface area contributed by atoms with Gasteiger partial charge in [-0.3, -0.25) is 4.98 Å². The molecule has 1 heterocycles. The molecule has 0 aliphatic rings. The molecule has 1 nitrogen and oxygen atoms in total. The summed E-state index contributed by atoms with van der Waals surface area (Å²) in [5, 5.41) is 0. The third-order valence-electron chi connectivity index (χ3n) is 2.39. The third kappa shape index (κ3) is 2.04. The van der Waals surface area contributed by atoms with Crippen LogP contribution in [0.2, 0.25) is 0 Å². The van der Waals surface area contributed by atoms with Crippen LogP contribution in [0.4, 0.5) is 4.39 Å². The van der Waals surface area contributed by atoms with E-state index in [1.54, 1.807) is 18.3 Å². The predicted molar refractivity (Wildman–Crippen MR) is 59.0 cm³/mol. The number of hydrogen-bond donors (Lipinski definition) is 0. The van der Waals surface area contributed by atoms with Crippen LogP contribution >= 0.6 is 0 Å². The van der Waals surface area contributed by atoms with E-state index in [9.17, 15) is 4.39 Å². The summed E-state index contributed by atoms with van der Waals surface area (Å²) in [6, 6.07) is 10.6. The molecule has 1 aromatic heterocycles. The summed E-state index contributed by atoms with van der Waals surface area (Å²) in [5.74, 6) is -0.188. The summed E-state index contributed by atoms with van der Waals surface area (Å²) in [6.45, 7) is 2.02. The number of aryl methyl sites for hydroxylation is 1. The molecule has 2 heteroatoms. The van der Waals surface area contributed by atoms with Crippen molar-refractivity contribution in [2.75, 3.05) is 0 Å². The van der Waals surface area contributed by atoms with E-state index in [1.807, 2.05) is 25.1 Å². The molecule has 0 fully saturated rings. The highest BCUT2D eigenvalue weighted by molar-refractivity contribution is 5.63. The van der Waals surface area contributed by atoms with Gasteiger partial charge in [0.2, 0.25) is 0 Å². The maximum Gasteiger partial charge on any atom is 0.123 e. The van der Waals surface area contributed by atoms with Crippen LogP contribution in [-0.2, 0) is 6.42 Å². The molecule has 15 heavy (non-hydrogen) atoms. The lowest BCUT2D eigenvalue weighted by atomic mass is 10.0. The van der Waals surface area contributed by atoms with Crippen LogP contribution in [0.3, 0.4) is 0 Å². The van der Waals surface area contributed by atoms with Gasteiger partial charge >= 0.3 is 0 Å². The molecule has 0 saturated heterocycles. The Kier molecular flexibility index (Phi) is 2.77. The van der Waals surface area contributed by atoms with E-state index in [1.165, 1.54) is 6.07 Å². The molecule has 0 aliphatic heterocycles. The number of nitrogens with zero attached hydrogens (tertiary/aromatic N) is 1. The maximum atomic E-state index is 13.0. The number of rotatable bonds is 2. The highest BCUT2D eigenvalue weighted by Gasteiger charge is 2.05. The summed E-state index contributed by atoms with van der Waals surface area (Å²) < 4.78 is 13.0. The van der Waals surface area contributed by atoms with Crippen molar-refractivity contribution in [3.05, 3.63) is 54.0 Å². The second-order valence-corrected chi connectivity index (χ2v) is 3.37. The van der Waals surface area contributed by atoms with Crippen molar-refractivity contribution in [3.63, 3.8) is 0 Å². The molecule has 2 aromatic rings. The van der Waals surface area contributed by atoms with Gasteiger partial charge in [0.15, 0.2) is 0 Å². The largest absolute Gasteiger partial charge is 0.256 e. The first-order valence-corrected chi connectivity index (χ1v) is 5.01. The smallest absolute Gasteiger partial charge is 0.123 e. The van der Waals surface area contributed by atoms with Gasteiger partial charge in [-0.05, 0) is 42.3 Å². The molecule has 2 rings (SSSR count). The zero-order chi connectivity index (χ0) is 10.7. The van der Waals surface area contributed by atoms with Crippen LogP contribution in [0.25, 0.3) is 11.3 Å². The lowest BCUT2D eigenvalue weighted by molar-refractivity contribution is 0.626. The van der Waals surface area contributed by atoms with Crippen molar-refractivity contribution in [2.24, 2.45) is 0 Å². The first kappa shape index (κ1) is 9.84. The normalized spacial score (nSPS) is 10.3. The van der Waals surface area contributed by atoms with Crippen LogP contribution in [0.5, 0.6) is 0 Å². The average molecular weight is 201 g/mol. The molecule has 0 saturated carbocycles. The van der Waals surface area contributed by atoms with Gasteiger partial charge in [0.25, 0.3) is 0 Å². The summed E-state index contributed by atoms with van der Waals surface area (Å²) in [4.78, 5) is 4.26. The molecule has 0 amide bonds. The van der Waals surface area contributed by atoms with Crippen LogP contribution < -0.4 is 0 Å². The molecule has 0 radical (unpaired) electrons. The first-order valence-electron chi connectivity index (χ1n) is 5.01. The van der Waals surface area contributed by atoms with E-state index >= 15 is 0 Å². The Morgan fingerprint density at radius 3 is 2.73 bits per heavy atom. The Morgan fingerprint density at radius 2 is 2.07 bits per heavy atom. The molecule has 76 valence electrons. The number of pyridine rings is 1. The lowest BCUT2D eigenvalue weighted by Crippen LogP contribution is -1.91. The fourth-order valence-electron chi connectivity index (χ4n) is 1.63. The number of halogens is 1. The minimum atomic E-state index is -0.188.